The fraction of sp³-hybridized carbons (Fsp3) is 0.818. The summed E-state index contributed by atoms with van der Waals surface area (Å²) >= 11 is 0. The molecule has 1 atom stereocenters. The maximum absolute atomic E-state index is 12.2. The second-order valence-electron chi connectivity index (χ2n) is 5.05. The first kappa shape index (κ1) is 13.8. The molecule has 2 aliphatic heterocycles. The molecule has 112 valence electrons. The lowest BCUT2D eigenvalue weighted by atomic mass is 10.2. The number of anilines is 1. The lowest BCUT2D eigenvalue weighted by Gasteiger charge is -2.21. The van der Waals surface area contributed by atoms with Gasteiger partial charge in [0.1, 0.15) is 0 Å². The Morgan fingerprint density at radius 2 is 2.00 bits per heavy atom. The third-order valence-corrected chi connectivity index (χ3v) is 5.44. The molecule has 2 aliphatic rings. The minimum Gasteiger partial charge on any atom is -0.406 e. The highest BCUT2D eigenvalue weighted by molar-refractivity contribution is 7.93. The molecule has 20 heavy (non-hydrogen) atoms. The third-order valence-electron chi connectivity index (χ3n) is 3.64. The minimum absolute atomic E-state index is 0.0313. The Bertz CT molecular complexity index is 547. The maximum atomic E-state index is 12.2. The van der Waals surface area contributed by atoms with E-state index in [9.17, 15) is 8.42 Å². The van der Waals surface area contributed by atoms with E-state index in [4.69, 9.17) is 9.15 Å². The fourth-order valence-corrected chi connectivity index (χ4v) is 3.81. The van der Waals surface area contributed by atoms with Crippen molar-refractivity contribution >= 4 is 16.0 Å². The fourth-order valence-electron chi connectivity index (χ4n) is 2.50. The lowest BCUT2D eigenvalue weighted by Crippen LogP contribution is -2.33. The summed E-state index contributed by atoms with van der Waals surface area (Å²) in [5.41, 5.74) is 0. The number of rotatable bonds is 4. The summed E-state index contributed by atoms with van der Waals surface area (Å²) in [7, 11) is -3.49. The van der Waals surface area contributed by atoms with Gasteiger partial charge in [-0.2, -0.15) is 0 Å². The van der Waals surface area contributed by atoms with Crippen LogP contribution in [0.3, 0.4) is 0 Å². The van der Waals surface area contributed by atoms with Crippen LogP contribution in [0.4, 0.5) is 6.01 Å². The smallest absolute Gasteiger partial charge is 0.329 e. The highest BCUT2D eigenvalue weighted by Gasteiger charge is 2.30. The van der Waals surface area contributed by atoms with Crippen molar-refractivity contribution in [1.29, 1.82) is 0 Å². The molecule has 0 amide bonds. The second kappa shape index (κ2) is 5.66. The Morgan fingerprint density at radius 1 is 1.20 bits per heavy atom. The zero-order valence-corrected chi connectivity index (χ0v) is 11.9. The van der Waals surface area contributed by atoms with Gasteiger partial charge in [0.15, 0.2) is 0 Å². The van der Waals surface area contributed by atoms with Gasteiger partial charge in [0.05, 0.1) is 11.3 Å². The van der Waals surface area contributed by atoms with Crippen LogP contribution in [0.15, 0.2) is 4.42 Å². The topological polar surface area (TPSA) is 106 Å². The molecule has 0 bridgehead atoms. The van der Waals surface area contributed by atoms with Gasteiger partial charge in [-0.15, -0.1) is 5.10 Å². The first-order valence-corrected chi connectivity index (χ1v) is 8.36. The summed E-state index contributed by atoms with van der Waals surface area (Å²) in [6.45, 7) is 1.84. The highest BCUT2D eigenvalue weighted by atomic mass is 32.2. The molecule has 3 rings (SSSR count). The van der Waals surface area contributed by atoms with E-state index in [0.717, 1.165) is 19.4 Å². The van der Waals surface area contributed by atoms with E-state index in [1.807, 2.05) is 0 Å². The molecule has 2 saturated heterocycles. The number of hydrogen-bond donors (Lipinski definition) is 2. The molecule has 0 saturated carbocycles. The van der Waals surface area contributed by atoms with Crippen molar-refractivity contribution in [2.75, 3.05) is 24.5 Å². The van der Waals surface area contributed by atoms with Crippen molar-refractivity contribution in [1.82, 2.24) is 15.5 Å². The van der Waals surface area contributed by atoms with Gasteiger partial charge in [-0.1, -0.05) is 5.10 Å². The molecule has 0 spiro atoms. The van der Waals surface area contributed by atoms with Crippen LogP contribution in [0.2, 0.25) is 0 Å². The monoisotopic (exact) mass is 302 g/mol. The Balaban J connectivity index is 1.67. The molecule has 2 N–H and O–H groups in total. The molecule has 3 heterocycles. The Labute approximate surface area is 117 Å². The van der Waals surface area contributed by atoms with Gasteiger partial charge < -0.3 is 14.5 Å². The van der Waals surface area contributed by atoms with E-state index < -0.39 is 15.3 Å². The standard InChI is InChI=1S/C11H18N4O4S/c16-20(17,8-3-6-18-7-4-8)15-11-14-13-10(19-11)9-2-1-5-12-9/h8-9,12H,1-7H2,(H,14,15). The van der Waals surface area contributed by atoms with Gasteiger partial charge >= 0.3 is 6.01 Å². The van der Waals surface area contributed by atoms with Crippen molar-refractivity contribution in [3.05, 3.63) is 5.89 Å². The average Bonchev–Trinajstić information content (AvgIpc) is 3.10. The molecule has 8 nitrogen and oxygen atoms in total. The maximum Gasteiger partial charge on any atom is 0.329 e. The van der Waals surface area contributed by atoms with Gasteiger partial charge in [0.2, 0.25) is 15.9 Å². The van der Waals surface area contributed by atoms with E-state index in [-0.39, 0.29) is 12.1 Å². The molecule has 2 fully saturated rings. The van der Waals surface area contributed by atoms with Crippen LogP contribution in [-0.2, 0) is 14.8 Å². The van der Waals surface area contributed by atoms with Crippen molar-refractivity contribution in [2.24, 2.45) is 0 Å². The van der Waals surface area contributed by atoms with Crippen molar-refractivity contribution in [3.63, 3.8) is 0 Å². The molecule has 9 heteroatoms. The number of ether oxygens (including phenoxy) is 1. The Kier molecular flexibility index (Phi) is 3.90. The van der Waals surface area contributed by atoms with E-state index in [1.54, 1.807) is 0 Å². The average molecular weight is 302 g/mol. The van der Waals surface area contributed by atoms with Crippen LogP contribution in [0, 0.1) is 0 Å². The molecule has 0 aromatic carbocycles. The molecular formula is C11H18N4O4S. The van der Waals surface area contributed by atoms with Crippen LogP contribution in [-0.4, -0.2) is 43.6 Å². The summed E-state index contributed by atoms with van der Waals surface area (Å²) < 4.78 is 37.3. The van der Waals surface area contributed by atoms with Crippen LogP contribution in [0.1, 0.15) is 37.6 Å². The van der Waals surface area contributed by atoms with Crippen LogP contribution in [0.25, 0.3) is 0 Å². The van der Waals surface area contributed by atoms with Crippen LogP contribution < -0.4 is 10.0 Å². The van der Waals surface area contributed by atoms with E-state index in [2.05, 4.69) is 20.2 Å². The Morgan fingerprint density at radius 3 is 2.70 bits per heavy atom. The molecule has 0 radical (unpaired) electrons. The Hall–Kier alpha value is -1.19. The molecular weight excluding hydrogens is 284 g/mol. The second-order valence-corrected chi connectivity index (χ2v) is 7.01. The van der Waals surface area contributed by atoms with Gasteiger partial charge in [0, 0.05) is 13.2 Å². The van der Waals surface area contributed by atoms with Gasteiger partial charge in [-0.3, -0.25) is 0 Å². The first-order chi connectivity index (χ1) is 9.65. The summed E-state index contributed by atoms with van der Waals surface area (Å²) in [4.78, 5) is 0. The molecule has 1 unspecified atom stereocenters. The zero-order valence-electron chi connectivity index (χ0n) is 11.0. The predicted octanol–water partition coefficient (Wildman–Crippen LogP) is 0.415. The summed E-state index contributed by atoms with van der Waals surface area (Å²) in [5.74, 6) is 0.437. The molecule has 0 aliphatic carbocycles. The quantitative estimate of drug-likeness (QED) is 0.829. The highest BCUT2D eigenvalue weighted by Crippen LogP contribution is 2.24. The molecule has 1 aromatic rings. The summed E-state index contributed by atoms with van der Waals surface area (Å²) in [6, 6.07) is -0.0240. The van der Waals surface area contributed by atoms with Gasteiger partial charge in [-0.05, 0) is 32.2 Å². The van der Waals surface area contributed by atoms with Crippen LogP contribution in [0.5, 0.6) is 0 Å². The normalized spacial score (nSPS) is 24.9. The SMILES string of the molecule is O=S(=O)(Nc1nnc(C2CCCN2)o1)C1CCOCC1. The van der Waals surface area contributed by atoms with E-state index in [1.165, 1.54) is 0 Å². The van der Waals surface area contributed by atoms with Crippen molar-refractivity contribution in [3.8, 4) is 0 Å². The number of nitrogens with one attached hydrogen (secondary N) is 2. The minimum atomic E-state index is -3.49. The number of nitrogens with zero attached hydrogens (tertiary/aromatic N) is 2. The van der Waals surface area contributed by atoms with Crippen molar-refractivity contribution in [2.45, 2.75) is 37.0 Å². The number of aromatic nitrogens is 2. The number of sulfonamides is 1. The van der Waals surface area contributed by atoms with Gasteiger partial charge in [-0.25, -0.2) is 13.1 Å². The first-order valence-electron chi connectivity index (χ1n) is 6.81. The summed E-state index contributed by atoms with van der Waals surface area (Å²) in [5, 5.41) is 10.4. The number of hydrogen-bond acceptors (Lipinski definition) is 7. The van der Waals surface area contributed by atoms with Crippen LogP contribution >= 0.6 is 0 Å². The largest absolute Gasteiger partial charge is 0.406 e. The summed E-state index contributed by atoms with van der Waals surface area (Å²) in [6.07, 6.45) is 2.95. The van der Waals surface area contributed by atoms with E-state index in [0.29, 0.717) is 31.9 Å². The lowest BCUT2D eigenvalue weighted by molar-refractivity contribution is 0.0984. The molecule has 1 aromatic heterocycles. The van der Waals surface area contributed by atoms with Gasteiger partial charge in [0.25, 0.3) is 0 Å². The zero-order chi connectivity index (χ0) is 14.0. The third kappa shape index (κ3) is 2.94. The predicted molar refractivity (Wildman–Crippen MR) is 70.7 cm³/mol. The van der Waals surface area contributed by atoms with Crippen molar-refractivity contribution < 1.29 is 17.6 Å². The van der Waals surface area contributed by atoms with E-state index >= 15 is 0 Å².